The summed E-state index contributed by atoms with van der Waals surface area (Å²) in [4.78, 5) is 10.4. The summed E-state index contributed by atoms with van der Waals surface area (Å²) >= 11 is 0. The molecular weight excluding hydrogens is 174 g/mol. The van der Waals surface area contributed by atoms with Gasteiger partial charge in [-0.3, -0.25) is 0 Å². The molecule has 13 heavy (non-hydrogen) atoms. The summed E-state index contributed by atoms with van der Waals surface area (Å²) in [5.41, 5.74) is 0. The van der Waals surface area contributed by atoms with Crippen LogP contribution in [0.1, 0.15) is 25.8 Å². The van der Waals surface area contributed by atoms with Gasteiger partial charge in [-0.1, -0.05) is 13.8 Å². The maximum atomic E-state index is 10.4. The maximum absolute atomic E-state index is 10.4. The van der Waals surface area contributed by atoms with Crippen molar-refractivity contribution in [3.8, 4) is 0 Å². The average Bonchev–Trinajstić information content (AvgIpc) is 2.50. The first kappa shape index (κ1) is 9.50. The highest BCUT2D eigenvalue weighted by atomic mass is 16.4. The molecule has 72 valence electrons. The normalized spacial score (nSPS) is 12.8. The van der Waals surface area contributed by atoms with Crippen LogP contribution in [0.25, 0.3) is 0 Å². The minimum absolute atomic E-state index is 0.0662. The molecular formula is C7H11N3O3. The molecule has 0 aliphatic heterocycles. The summed E-state index contributed by atoms with van der Waals surface area (Å²) in [5, 5.41) is 18.0. The van der Waals surface area contributed by atoms with Crippen LogP contribution in [0, 0.1) is 5.92 Å². The van der Waals surface area contributed by atoms with E-state index in [9.17, 15) is 4.79 Å². The van der Waals surface area contributed by atoms with Crippen LogP contribution >= 0.6 is 0 Å². The minimum Gasteiger partial charge on any atom is -0.465 e. The van der Waals surface area contributed by atoms with E-state index in [0.717, 1.165) is 0 Å². The van der Waals surface area contributed by atoms with Crippen molar-refractivity contribution in [1.82, 2.24) is 15.5 Å². The number of carbonyl (C=O) groups is 1. The monoisotopic (exact) mass is 185 g/mol. The predicted octanol–water partition coefficient (Wildman–Crippen LogP) is 1.03. The highest BCUT2D eigenvalue weighted by molar-refractivity contribution is 5.64. The molecule has 1 rings (SSSR count). The zero-order valence-corrected chi connectivity index (χ0v) is 7.39. The lowest BCUT2D eigenvalue weighted by Gasteiger charge is -2.15. The van der Waals surface area contributed by atoms with E-state index in [1.165, 1.54) is 6.39 Å². The third kappa shape index (κ3) is 2.43. The Hall–Kier alpha value is -1.59. The van der Waals surface area contributed by atoms with Gasteiger partial charge in [-0.2, -0.15) is 0 Å². The average molecular weight is 185 g/mol. The molecule has 0 unspecified atom stereocenters. The smallest absolute Gasteiger partial charge is 0.405 e. The van der Waals surface area contributed by atoms with Gasteiger partial charge in [0.25, 0.3) is 0 Å². The molecule has 0 saturated heterocycles. The van der Waals surface area contributed by atoms with E-state index in [4.69, 9.17) is 9.52 Å². The van der Waals surface area contributed by atoms with Crippen molar-refractivity contribution in [2.24, 2.45) is 5.92 Å². The minimum atomic E-state index is -1.10. The second-order valence-corrected chi connectivity index (χ2v) is 2.95. The first-order chi connectivity index (χ1) is 6.11. The summed E-state index contributed by atoms with van der Waals surface area (Å²) in [5.74, 6) is 0.356. The Kier molecular flexibility index (Phi) is 2.84. The van der Waals surface area contributed by atoms with Crippen LogP contribution in [0.15, 0.2) is 10.8 Å². The van der Waals surface area contributed by atoms with E-state index in [2.05, 4.69) is 15.5 Å². The zero-order valence-electron chi connectivity index (χ0n) is 7.39. The summed E-state index contributed by atoms with van der Waals surface area (Å²) in [6, 6.07) is -0.444. The van der Waals surface area contributed by atoms with Crippen molar-refractivity contribution < 1.29 is 14.3 Å². The SMILES string of the molecule is CC(C)[C@H](NC(=O)O)c1nnco1. The molecule has 1 heterocycles. The van der Waals surface area contributed by atoms with Crippen molar-refractivity contribution in [2.45, 2.75) is 19.9 Å². The van der Waals surface area contributed by atoms with Crippen molar-refractivity contribution in [1.29, 1.82) is 0 Å². The highest BCUT2D eigenvalue weighted by Crippen LogP contribution is 2.18. The fourth-order valence-corrected chi connectivity index (χ4v) is 0.964. The summed E-state index contributed by atoms with van der Waals surface area (Å²) in [7, 11) is 0. The fraction of sp³-hybridized carbons (Fsp3) is 0.571. The van der Waals surface area contributed by atoms with E-state index >= 15 is 0 Å². The number of amides is 1. The first-order valence-corrected chi connectivity index (χ1v) is 3.86. The van der Waals surface area contributed by atoms with Crippen LogP contribution in [-0.4, -0.2) is 21.4 Å². The van der Waals surface area contributed by atoms with Gasteiger partial charge >= 0.3 is 6.09 Å². The molecule has 1 aromatic rings. The van der Waals surface area contributed by atoms with Crippen LogP contribution in [0.3, 0.4) is 0 Å². The summed E-state index contributed by atoms with van der Waals surface area (Å²) < 4.78 is 4.91. The van der Waals surface area contributed by atoms with Crippen LogP contribution in [0.5, 0.6) is 0 Å². The van der Waals surface area contributed by atoms with E-state index in [1.807, 2.05) is 13.8 Å². The number of nitrogens with one attached hydrogen (secondary N) is 1. The lowest BCUT2D eigenvalue weighted by atomic mass is 10.1. The van der Waals surface area contributed by atoms with E-state index in [0.29, 0.717) is 0 Å². The Bertz CT molecular complexity index is 271. The van der Waals surface area contributed by atoms with Crippen LogP contribution in [-0.2, 0) is 0 Å². The van der Waals surface area contributed by atoms with E-state index in [-0.39, 0.29) is 11.8 Å². The Labute approximate surface area is 75.0 Å². The van der Waals surface area contributed by atoms with E-state index < -0.39 is 12.1 Å². The Balaban J connectivity index is 2.74. The van der Waals surface area contributed by atoms with Crippen molar-refractivity contribution in [2.75, 3.05) is 0 Å². The van der Waals surface area contributed by atoms with Gasteiger partial charge in [-0.25, -0.2) is 4.79 Å². The number of carboxylic acid groups (broad SMARTS) is 1. The number of nitrogens with zero attached hydrogens (tertiary/aromatic N) is 2. The zero-order chi connectivity index (χ0) is 9.84. The van der Waals surface area contributed by atoms with E-state index in [1.54, 1.807) is 0 Å². The molecule has 1 atom stereocenters. The summed E-state index contributed by atoms with van der Waals surface area (Å²) in [6.07, 6.45) is 0.0748. The third-order valence-electron chi connectivity index (χ3n) is 1.59. The molecule has 0 fully saturated rings. The lowest BCUT2D eigenvalue weighted by Crippen LogP contribution is -2.30. The first-order valence-electron chi connectivity index (χ1n) is 3.86. The highest BCUT2D eigenvalue weighted by Gasteiger charge is 2.22. The largest absolute Gasteiger partial charge is 0.465 e. The molecule has 0 radical (unpaired) electrons. The van der Waals surface area contributed by atoms with Crippen molar-refractivity contribution in [3.63, 3.8) is 0 Å². The lowest BCUT2D eigenvalue weighted by molar-refractivity contribution is 0.182. The Morgan fingerprint density at radius 2 is 2.38 bits per heavy atom. The Morgan fingerprint density at radius 1 is 1.69 bits per heavy atom. The molecule has 0 saturated carbocycles. The molecule has 1 aromatic heterocycles. The molecule has 6 nitrogen and oxygen atoms in total. The standard InChI is InChI=1S/C7H11N3O3/c1-4(2)5(9-7(11)12)6-10-8-3-13-6/h3-5,9H,1-2H3,(H,11,12)/t5-/m0/s1. The van der Waals surface area contributed by atoms with Crippen LogP contribution in [0.4, 0.5) is 4.79 Å². The van der Waals surface area contributed by atoms with Gasteiger partial charge in [0.2, 0.25) is 12.3 Å². The molecule has 0 bridgehead atoms. The number of hydrogen-bond acceptors (Lipinski definition) is 4. The third-order valence-corrected chi connectivity index (χ3v) is 1.59. The predicted molar refractivity (Wildman–Crippen MR) is 43.0 cm³/mol. The summed E-state index contributed by atoms with van der Waals surface area (Å²) in [6.45, 7) is 3.73. The molecule has 6 heteroatoms. The molecule has 1 amide bonds. The quantitative estimate of drug-likeness (QED) is 0.734. The van der Waals surface area contributed by atoms with Crippen LogP contribution in [0.2, 0.25) is 0 Å². The van der Waals surface area contributed by atoms with Crippen molar-refractivity contribution >= 4 is 6.09 Å². The van der Waals surface area contributed by atoms with Gasteiger partial charge in [0.1, 0.15) is 6.04 Å². The maximum Gasteiger partial charge on any atom is 0.405 e. The van der Waals surface area contributed by atoms with Gasteiger partial charge in [0, 0.05) is 0 Å². The fourth-order valence-electron chi connectivity index (χ4n) is 0.964. The molecule has 2 N–H and O–H groups in total. The number of rotatable bonds is 3. The van der Waals surface area contributed by atoms with Crippen molar-refractivity contribution in [3.05, 3.63) is 12.3 Å². The van der Waals surface area contributed by atoms with Gasteiger partial charge < -0.3 is 14.8 Å². The molecule has 0 aromatic carbocycles. The topological polar surface area (TPSA) is 88.2 Å². The molecule has 0 aliphatic carbocycles. The van der Waals surface area contributed by atoms with Gasteiger partial charge in [0.15, 0.2) is 0 Å². The van der Waals surface area contributed by atoms with Gasteiger partial charge in [0.05, 0.1) is 0 Å². The second kappa shape index (κ2) is 3.88. The molecule has 0 spiro atoms. The number of hydrogen-bond donors (Lipinski definition) is 2. The second-order valence-electron chi connectivity index (χ2n) is 2.95. The molecule has 0 aliphatic rings. The number of aromatic nitrogens is 2. The Morgan fingerprint density at radius 3 is 2.77 bits per heavy atom. The van der Waals surface area contributed by atoms with Gasteiger partial charge in [-0.15, -0.1) is 10.2 Å². The van der Waals surface area contributed by atoms with Crippen LogP contribution < -0.4 is 5.32 Å². The van der Waals surface area contributed by atoms with Gasteiger partial charge in [-0.05, 0) is 5.92 Å².